The van der Waals surface area contributed by atoms with Crippen LogP contribution in [-0.4, -0.2) is 37.6 Å². The summed E-state index contributed by atoms with van der Waals surface area (Å²) in [6.07, 6.45) is 6.68. The van der Waals surface area contributed by atoms with E-state index in [4.69, 9.17) is 8.92 Å². The van der Waals surface area contributed by atoms with E-state index in [0.717, 1.165) is 26.1 Å². The molecule has 1 amide bonds. The second kappa shape index (κ2) is 10.5. The van der Waals surface area contributed by atoms with Gasteiger partial charge in [-0.2, -0.15) is 0 Å². The minimum Gasteiger partial charge on any atom is -0.381 e. The fraction of sp³-hybridized carbons (Fsp3) is 0.895. The molecule has 5 nitrogen and oxygen atoms in total. The number of ketones is 1. The van der Waals surface area contributed by atoms with Crippen LogP contribution in [0.25, 0.3) is 0 Å². The monoisotopic (exact) mass is 371 g/mol. The van der Waals surface area contributed by atoms with E-state index in [1.807, 2.05) is 13.8 Å². The summed E-state index contributed by atoms with van der Waals surface area (Å²) in [6, 6.07) is 0.171. The zero-order valence-electron chi connectivity index (χ0n) is 15.5. The first-order valence-corrected chi connectivity index (χ1v) is 10.0. The van der Waals surface area contributed by atoms with Gasteiger partial charge < -0.3 is 14.2 Å². The first kappa shape index (κ1) is 20.7. The number of carbonyl (C=O) groups excluding carboxylic acids is 2. The van der Waals surface area contributed by atoms with E-state index in [0.29, 0.717) is 30.6 Å². The van der Waals surface area contributed by atoms with Gasteiger partial charge in [0.15, 0.2) is 0 Å². The Morgan fingerprint density at radius 3 is 2.24 bits per heavy atom. The molecule has 2 aliphatic carbocycles. The lowest BCUT2D eigenvalue weighted by Gasteiger charge is -2.35. The number of hydrogen-bond donors (Lipinski definition) is 2. The first-order valence-electron chi connectivity index (χ1n) is 9.66. The molecular weight excluding hydrogens is 338 g/mol. The molecule has 0 saturated heterocycles. The summed E-state index contributed by atoms with van der Waals surface area (Å²) in [5.74, 6) is 1.84. The molecule has 25 heavy (non-hydrogen) atoms. The van der Waals surface area contributed by atoms with Crippen LogP contribution >= 0.6 is 12.9 Å². The van der Waals surface area contributed by atoms with E-state index in [-0.39, 0.29) is 23.8 Å². The van der Waals surface area contributed by atoms with E-state index in [1.165, 1.54) is 25.7 Å². The van der Waals surface area contributed by atoms with Crippen molar-refractivity contribution in [1.82, 2.24) is 5.32 Å². The lowest BCUT2D eigenvalue weighted by molar-refractivity contribution is -0.131. The molecule has 0 aromatic rings. The third-order valence-electron chi connectivity index (χ3n) is 5.58. The number of rotatable bonds is 10. The van der Waals surface area contributed by atoms with Crippen LogP contribution in [-0.2, 0) is 18.5 Å². The molecule has 144 valence electrons. The highest BCUT2D eigenvalue weighted by Crippen LogP contribution is 2.31. The zero-order chi connectivity index (χ0) is 18.2. The van der Waals surface area contributed by atoms with Crippen LogP contribution in [0.2, 0.25) is 0 Å². The van der Waals surface area contributed by atoms with Crippen molar-refractivity contribution in [1.29, 1.82) is 0 Å². The van der Waals surface area contributed by atoms with Crippen molar-refractivity contribution < 1.29 is 18.5 Å². The SMILES string of the molecule is CC(C)C(=O)C1CC(NC(=O)CCOCC2CCC(COS)CC2)C1. The Labute approximate surface area is 157 Å². The molecule has 1 N–H and O–H groups in total. The predicted octanol–water partition coefficient (Wildman–Crippen LogP) is 3.18. The van der Waals surface area contributed by atoms with Gasteiger partial charge in [0.25, 0.3) is 0 Å². The summed E-state index contributed by atoms with van der Waals surface area (Å²) in [5, 5.41) is 3.01. The molecule has 2 saturated carbocycles. The van der Waals surface area contributed by atoms with Crippen molar-refractivity contribution in [3.63, 3.8) is 0 Å². The first-order chi connectivity index (χ1) is 12.0. The summed E-state index contributed by atoms with van der Waals surface area (Å²) >= 11 is 3.82. The molecule has 0 bridgehead atoms. The molecule has 2 fully saturated rings. The Hall–Kier alpha value is -0.590. The molecule has 2 aliphatic rings. The highest BCUT2D eigenvalue weighted by molar-refractivity contribution is 7.75. The van der Waals surface area contributed by atoms with Gasteiger partial charge in [-0.15, -0.1) is 0 Å². The van der Waals surface area contributed by atoms with Gasteiger partial charge in [-0.25, -0.2) is 0 Å². The Balaban J connectivity index is 1.48. The molecular formula is C19H33NO4S. The summed E-state index contributed by atoms with van der Waals surface area (Å²) in [4.78, 5) is 23.8. The molecule has 6 heteroatoms. The van der Waals surface area contributed by atoms with Gasteiger partial charge in [0.2, 0.25) is 5.91 Å². The van der Waals surface area contributed by atoms with Gasteiger partial charge in [-0.05, 0) is 63.3 Å². The highest BCUT2D eigenvalue weighted by atomic mass is 32.1. The van der Waals surface area contributed by atoms with Crippen LogP contribution in [0, 0.1) is 23.7 Å². The zero-order valence-corrected chi connectivity index (χ0v) is 16.4. The number of amides is 1. The van der Waals surface area contributed by atoms with Crippen molar-refractivity contribution in [3.05, 3.63) is 0 Å². The van der Waals surface area contributed by atoms with Crippen LogP contribution in [0.5, 0.6) is 0 Å². The summed E-state index contributed by atoms with van der Waals surface area (Å²) in [5.41, 5.74) is 0. The quantitative estimate of drug-likeness (QED) is 0.352. The topological polar surface area (TPSA) is 64.6 Å². The van der Waals surface area contributed by atoms with Crippen molar-refractivity contribution >= 4 is 24.6 Å². The fourth-order valence-electron chi connectivity index (χ4n) is 3.82. The maximum atomic E-state index is 11.9. The summed E-state index contributed by atoms with van der Waals surface area (Å²) in [7, 11) is 0. The molecule has 0 unspecified atom stereocenters. The van der Waals surface area contributed by atoms with Crippen molar-refractivity contribution in [3.8, 4) is 0 Å². The number of thiol groups is 1. The predicted molar refractivity (Wildman–Crippen MR) is 100 cm³/mol. The molecule has 0 atom stereocenters. The number of ether oxygens (including phenoxy) is 1. The molecule has 0 aromatic carbocycles. The fourth-order valence-corrected chi connectivity index (χ4v) is 4.04. The Kier molecular flexibility index (Phi) is 8.73. The summed E-state index contributed by atoms with van der Waals surface area (Å²) in [6.45, 7) is 5.84. The van der Waals surface area contributed by atoms with Gasteiger partial charge in [-0.3, -0.25) is 9.59 Å². The third-order valence-corrected chi connectivity index (χ3v) is 5.73. The number of hydrogen-bond acceptors (Lipinski definition) is 5. The van der Waals surface area contributed by atoms with Gasteiger partial charge in [0.1, 0.15) is 5.78 Å². The Morgan fingerprint density at radius 2 is 1.68 bits per heavy atom. The second-order valence-electron chi connectivity index (χ2n) is 8.00. The maximum absolute atomic E-state index is 11.9. The lowest BCUT2D eigenvalue weighted by atomic mass is 9.75. The average Bonchev–Trinajstić information content (AvgIpc) is 2.55. The number of carbonyl (C=O) groups is 2. The Bertz CT molecular complexity index is 429. The van der Waals surface area contributed by atoms with Crippen LogP contribution in [0.4, 0.5) is 0 Å². The normalized spacial score (nSPS) is 29.3. The minimum absolute atomic E-state index is 0.0371. The standard InChI is InChI=1S/C19H33NO4S/c1-13(2)19(22)16-9-17(10-16)20-18(21)7-8-23-11-14-3-5-15(6-4-14)12-24-25/h13-17,25H,3-12H2,1-2H3,(H,20,21). The van der Waals surface area contributed by atoms with E-state index in [9.17, 15) is 9.59 Å². The molecule has 0 radical (unpaired) electrons. The largest absolute Gasteiger partial charge is 0.381 e. The van der Waals surface area contributed by atoms with Gasteiger partial charge in [0.05, 0.1) is 13.2 Å². The third kappa shape index (κ3) is 6.91. The van der Waals surface area contributed by atoms with Crippen LogP contribution < -0.4 is 5.32 Å². The molecule has 0 aromatic heterocycles. The van der Waals surface area contributed by atoms with Gasteiger partial charge in [0, 0.05) is 30.9 Å². The van der Waals surface area contributed by atoms with E-state index in [2.05, 4.69) is 18.2 Å². The molecule has 0 spiro atoms. The van der Waals surface area contributed by atoms with E-state index >= 15 is 0 Å². The Morgan fingerprint density at radius 1 is 1.08 bits per heavy atom. The number of Topliss-reactive ketones (excluding diaryl/α,β-unsaturated/α-hetero) is 1. The molecule has 0 aliphatic heterocycles. The lowest BCUT2D eigenvalue weighted by Crippen LogP contribution is -2.47. The molecule has 0 heterocycles. The summed E-state index contributed by atoms with van der Waals surface area (Å²) < 4.78 is 10.6. The van der Waals surface area contributed by atoms with E-state index < -0.39 is 0 Å². The van der Waals surface area contributed by atoms with Gasteiger partial charge >= 0.3 is 0 Å². The minimum atomic E-state index is 0.0371. The van der Waals surface area contributed by atoms with Crippen LogP contribution in [0.3, 0.4) is 0 Å². The number of nitrogens with one attached hydrogen (secondary N) is 1. The van der Waals surface area contributed by atoms with Crippen LogP contribution in [0.1, 0.15) is 58.8 Å². The smallest absolute Gasteiger partial charge is 0.222 e. The van der Waals surface area contributed by atoms with Crippen molar-refractivity contribution in [2.24, 2.45) is 23.7 Å². The van der Waals surface area contributed by atoms with Crippen LogP contribution in [0.15, 0.2) is 0 Å². The highest BCUT2D eigenvalue weighted by Gasteiger charge is 2.35. The van der Waals surface area contributed by atoms with Crippen molar-refractivity contribution in [2.75, 3.05) is 19.8 Å². The molecule has 2 rings (SSSR count). The maximum Gasteiger partial charge on any atom is 0.222 e. The van der Waals surface area contributed by atoms with E-state index in [1.54, 1.807) is 0 Å². The average molecular weight is 372 g/mol. The van der Waals surface area contributed by atoms with Crippen molar-refractivity contribution in [2.45, 2.75) is 64.8 Å². The second-order valence-corrected chi connectivity index (χ2v) is 8.26. The van der Waals surface area contributed by atoms with Gasteiger partial charge in [-0.1, -0.05) is 13.8 Å².